The molecule has 0 amide bonds. The molecule has 0 aromatic rings. The zero-order valence-corrected chi connectivity index (χ0v) is 1.58. The van der Waals surface area contributed by atoms with Gasteiger partial charge in [-0.05, 0) is 0 Å². The molecule has 0 spiro atoms. The van der Waals surface area contributed by atoms with Crippen molar-refractivity contribution in [2.75, 3.05) is 0 Å². The smallest absolute Gasteiger partial charge is 0.0626 e. The summed E-state index contributed by atoms with van der Waals surface area (Å²) >= 11 is 0. The van der Waals surface area contributed by atoms with Crippen LogP contribution in [0.25, 0.3) is 0 Å². The Bertz CT molecular complexity index is 3.90. The second kappa shape index (κ2) is 169. The summed E-state index contributed by atoms with van der Waals surface area (Å²) in [6.45, 7) is 0. The van der Waals surface area contributed by atoms with Gasteiger partial charge in [-0.15, -0.1) is 0 Å². The summed E-state index contributed by atoms with van der Waals surface area (Å²) in [6.07, 6.45) is 0. The van der Waals surface area contributed by atoms with Crippen LogP contribution in [-0.2, 0) is 0 Å². The van der Waals surface area contributed by atoms with Crippen molar-refractivity contribution >= 4 is 42.1 Å². The van der Waals surface area contributed by atoms with E-state index in [0.717, 1.165) is 0 Å². The molecular formula is H16B5Li. The van der Waals surface area contributed by atoms with Gasteiger partial charge < -0.3 is 0 Å². The van der Waals surface area contributed by atoms with E-state index in [0.29, 0.717) is 0 Å². The van der Waals surface area contributed by atoms with Gasteiger partial charge in [-0.25, -0.2) is 0 Å². The van der Waals surface area contributed by atoms with Crippen LogP contribution < -0.4 is 18.9 Å². The van der Waals surface area contributed by atoms with Crippen molar-refractivity contribution in [2.24, 2.45) is 0 Å². The van der Waals surface area contributed by atoms with Gasteiger partial charge in [0.05, 0.1) is 0 Å². The van der Waals surface area contributed by atoms with E-state index in [1.54, 1.807) is 0 Å². The molecular weight excluding hydrogens is 61.0 g/mol. The Morgan fingerprint density at radius 2 is 0.500 bits per heavy atom. The minimum Gasteiger partial charge on any atom is -0.0626 e. The van der Waals surface area contributed by atoms with Crippen LogP contribution in [0.5, 0.6) is 0 Å². The Kier molecular flexibility index (Phi) is 8030. The molecule has 32 valence electrons. The van der Waals surface area contributed by atoms with Gasteiger partial charge in [-0.2, -0.15) is 0 Å². The molecule has 0 rings (SSSR count). The fourth-order valence-electron chi connectivity index (χ4n) is 0. The molecule has 0 aromatic heterocycles. The van der Waals surface area contributed by atoms with Gasteiger partial charge in [-0.3, -0.25) is 0 Å². The first-order valence-corrected chi connectivity index (χ1v) is 0. The summed E-state index contributed by atoms with van der Waals surface area (Å²) in [4.78, 5) is 0. The molecule has 0 nitrogen and oxygen atoms in total. The molecule has 0 saturated carbocycles. The Balaban J connectivity index is 0. The zero-order valence-electron chi connectivity index (χ0n) is 1.58. The zero-order chi connectivity index (χ0) is 0. The standard InChI is InChI=1S/4BH4.B.Li/h4*1H4;;/q4*-1;+3;+1. The average molecular weight is 77.1 g/mol. The number of hydrogen-bond donors (Lipinski definition) is 0. The summed E-state index contributed by atoms with van der Waals surface area (Å²) in [5.74, 6) is 0. The van der Waals surface area contributed by atoms with Crippen LogP contribution in [0.3, 0.4) is 0 Å². The SMILES string of the molecule is [B+3].[BH4-].[BH4-].[BH4-].[BH4-].[Li+]. The molecule has 0 aliphatic rings. The van der Waals surface area contributed by atoms with Crippen molar-refractivity contribution in [3.05, 3.63) is 0 Å². The van der Waals surface area contributed by atoms with Crippen LogP contribution in [-0.4, -0.2) is 42.1 Å². The van der Waals surface area contributed by atoms with Crippen LogP contribution in [0, 0.1) is 0 Å². The minimum absolute atomic E-state index is 0. The van der Waals surface area contributed by atoms with E-state index < -0.39 is 0 Å². The van der Waals surface area contributed by atoms with Crippen LogP contribution in [0.4, 0.5) is 0 Å². The van der Waals surface area contributed by atoms with E-state index in [2.05, 4.69) is 0 Å². The summed E-state index contributed by atoms with van der Waals surface area (Å²) in [6, 6.07) is 0. The molecule has 0 N–H and O–H groups in total. The summed E-state index contributed by atoms with van der Waals surface area (Å²) in [5.41, 5.74) is 0. The van der Waals surface area contributed by atoms with E-state index in [4.69, 9.17) is 0 Å². The molecule has 0 saturated heterocycles. The first kappa shape index (κ1) is 286. The number of rotatable bonds is 0. The molecule has 0 radical (unpaired) electrons. The monoisotopic (exact) mass is 78.2 g/mol. The Hall–Kier alpha value is 0.922. The maximum atomic E-state index is 0. The number of hydrogen-bond acceptors (Lipinski definition) is 0. The predicted octanol–water partition coefficient (Wildman–Crippen LogP) is -9.18. The van der Waals surface area contributed by atoms with Crippen molar-refractivity contribution in [3.8, 4) is 0 Å². The topological polar surface area (TPSA) is 0 Å². The van der Waals surface area contributed by atoms with Crippen LogP contribution in [0.1, 0.15) is 0 Å². The van der Waals surface area contributed by atoms with Gasteiger partial charge in [0.2, 0.25) is 0 Å². The molecule has 0 unspecified atom stereocenters. The average Bonchev–Trinajstić information content (AvgIpc) is 0. The molecule has 0 aliphatic carbocycles. The van der Waals surface area contributed by atoms with Crippen molar-refractivity contribution in [3.63, 3.8) is 0 Å². The summed E-state index contributed by atoms with van der Waals surface area (Å²) in [5, 5.41) is 0. The van der Waals surface area contributed by atoms with E-state index in [-0.39, 0.29) is 60.9 Å². The molecule has 0 bridgehead atoms. The maximum absolute atomic E-state index is 0. The van der Waals surface area contributed by atoms with Crippen molar-refractivity contribution in [2.45, 2.75) is 0 Å². The van der Waals surface area contributed by atoms with E-state index >= 15 is 0 Å². The summed E-state index contributed by atoms with van der Waals surface area (Å²) in [7, 11) is 0. The predicted molar refractivity (Wildman–Crippen MR) is 51.1 cm³/mol. The Morgan fingerprint density at radius 1 is 0.500 bits per heavy atom. The van der Waals surface area contributed by atoms with E-state index in [9.17, 15) is 0 Å². The van der Waals surface area contributed by atoms with E-state index in [1.165, 1.54) is 0 Å². The fraction of sp³-hybridized carbons (Fsp3) is 0. The quantitative estimate of drug-likeness (QED) is 0.252. The van der Waals surface area contributed by atoms with Crippen molar-refractivity contribution < 1.29 is 18.9 Å². The van der Waals surface area contributed by atoms with Crippen molar-refractivity contribution in [1.82, 2.24) is 0 Å². The molecule has 6 heavy (non-hydrogen) atoms. The first-order chi connectivity index (χ1) is 0. The Labute approximate surface area is 61.3 Å². The minimum atomic E-state index is 0. The fourth-order valence-corrected chi connectivity index (χ4v) is 0. The van der Waals surface area contributed by atoms with Gasteiger partial charge in [-0.1, -0.05) is 33.7 Å². The van der Waals surface area contributed by atoms with Crippen LogP contribution >= 0.6 is 0 Å². The Morgan fingerprint density at radius 3 is 0.500 bits per heavy atom. The first-order valence-electron chi connectivity index (χ1n) is 0. The van der Waals surface area contributed by atoms with Gasteiger partial charge in [0.15, 0.2) is 0 Å². The molecule has 0 atom stereocenters. The third-order valence-electron chi connectivity index (χ3n) is 0. The van der Waals surface area contributed by atoms with Crippen molar-refractivity contribution in [1.29, 1.82) is 0 Å². The second-order valence-corrected chi connectivity index (χ2v) is 0. The van der Waals surface area contributed by atoms with Crippen LogP contribution in [0.15, 0.2) is 0 Å². The van der Waals surface area contributed by atoms with Gasteiger partial charge in [0, 0.05) is 0 Å². The van der Waals surface area contributed by atoms with Gasteiger partial charge in [0.1, 0.15) is 0 Å². The second-order valence-electron chi connectivity index (χ2n) is 0. The molecule has 0 aliphatic heterocycles. The normalized spacial score (nSPS) is 0. The molecule has 0 fully saturated rings. The third kappa shape index (κ3) is 89.1. The van der Waals surface area contributed by atoms with E-state index in [1.807, 2.05) is 0 Å². The van der Waals surface area contributed by atoms with Gasteiger partial charge >= 0.3 is 27.3 Å². The summed E-state index contributed by atoms with van der Waals surface area (Å²) < 4.78 is 0. The van der Waals surface area contributed by atoms with Gasteiger partial charge in [0.25, 0.3) is 0 Å². The molecule has 0 aromatic carbocycles. The van der Waals surface area contributed by atoms with Crippen LogP contribution in [0.2, 0.25) is 0 Å². The third-order valence-corrected chi connectivity index (χ3v) is 0. The molecule has 6 heteroatoms. The molecule has 0 heterocycles. The largest absolute Gasteiger partial charge is 3.00 e. The maximum Gasteiger partial charge on any atom is 3.00 e.